The number of halogens is 5. The Morgan fingerprint density at radius 2 is 2.05 bits per heavy atom. The first-order chi connectivity index (χ1) is 10.3. The van der Waals surface area contributed by atoms with Gasteiger partial charge in [-0.15, -0.1) is 0 Å². The van der Waals surface area contributed by atoms with Crippen LogP contribution < -0.4 is 0 Å². The van der Waals surface area contributed by atoms with Gasteiger partial charge >= 0.3 is 12.1 Å². The molecule has 0 bridgehead atoms. The largest absolute Gasteiger partial charge is 0.462 e. The van der Waals surface area contributed by atoms with Crippen molar-refractivity contribution in [1.29, 1.82) is 0 Å². The first kappa shape index (κ1) is 16.6. The molecule has 4 nitrogen and oxygen atoms in total. The zero-order chi connectivity index (χ0) is 16.5. The molecule has 2 aromatic rings. The molecule has 0 saturated heterocycles. The van der Waals surface area contributed by atoms with E-state index >= 15 is 0 Å². The lowest BCUT2D eigenvalue weighted by Gasteiger charge is -2.13. The Balaban J connectivity index is 2.67. The molecule has 0 N–H and O–H groups in total. The molecule has 0 aliphatic heterocycles. The Hall–Kier alpha value is -1.73. The van der Waals surface area contributed by atoms with Gasteiger partial charge in [0.2, 0.25) is 0 Å². The van der Waals surface area contributed by atoms with Crippen molar-refractivity contribution in [3.8, 4) is 5.69 Å². The van der Waals surface area contributed by atoms with Crippen LogP contribution in [0.3, 0.4) is 0 Å². The van der Waals surface area contributed by atoms with Gasteiger partial charge in [0.1, 0.15) is 5.56 Å². The van der Waals surface area contributed by atoms with Crippen LogP contribution in [0.5, 0.6) is 0 Å². The number of aromatic nitrogens is 2. The molecular formula is C13H9Cl2F3N2O2. The van der Waals surface area contributed by atoms with E-state index < -0.39 is 23.4 Å². The highest BCUT2D eigenvalue weighted by Gasteiger charge is 2.41. The number of benzene rings is 1. The molecule has 9 heteroatoms. The molecule has 0 aliphatic carbocycles. The van der Waals surface area contributed by atoms with Crippen molar-refractivity contribution >= 4 is 29.2 Å². The summed E-state index contributed by atoms with van der Waals surface area (Å²) in [7, 11) is 0. The zero-order valence-electron chi connectivity index (χ0n) is 11.1. The molecule has 1 aromatic carbocycles. The van der Waals surface area contributed by atoms with Crippen molar-refractivity contribution in [2.75, 3.05) is 6.61 Å². The van der Waals surface area contributed by atoms with E-state index in [-0.39, 0.29) is 22.3 Å². The standard InChI is InChI=1S/C13H9Cl2F3N2O2/c1-2-22-12(21)8-6-19-20(11(8)13(16,17)18)10-5-7(14)3-4-9(10)15/h3-6H,2H2,1H3. The predicted molar refractivity (Wildman–Crippen MR) is 74.5 cm³/mol. The van der Waals surface area contributed by atoms with Crippen molar-refractivity contribution in [3.05, 3.63) is 45.7 Å². The summed E-state index contributed by atoms with van der Waals surface area (Å²) in [6.45, 7) is 1.43. The van der Waals surface area contributed by atoms with E-state index in [0.29, 0.717) is 4.68 Å². The van der Waals surface area contributed by atoms with Crippen molar-refractivity contribution in [2.24, 2.45) is 0 Å². The summed E-state index contributed by atoms with van der Waals surface area (Å²) in [5.41, 5.74) is -2.04. The molecule has 0 spiro atoms. The van der Waals surface area contributed by atoms with E-state index in [1.807, 2.05) is 0 Å². The van der Waals surface area contributed by atoms with E-state index in [0.717, 1.165) is 6.20 Å². The van der Waals surface area contributed by atoms with Gasteiger partial charge in [0.05, 0.1) is 23.5 Å². The van der Waals surface area contributed by atoms with Crippen LogP contribution in [0.15, 0.2) is 24.4 Å². The average Bonchev–Trinajstić information content (AvgIpc) is 2.86. The number of esters is 1. The van der Waals surface area contributed by atoms with E-state index in [9.17, 15) is 18.0 Å². The summed E-state index contributed by atoms with van der Waals surface area (Å²) in [4.78, 5) is 11.7. The van der Waals surface area contributed by atoms with Gasteiger partial charge in [-0.25, -0.2) is 9.48 Å². The monoisotopic (exact) mass is 352 g/mol. The molecule has 22 heavy (non-hydrogen) atoms. The van der Waals surface area contributed by atoms with Crippen LogP contribution in [-0.2, 0) is 10.9 Å². The second-order valence-electron chi connectivity index (χ2n) is 4.13. The molecular weight excluding hydrogens is 344 g/mol. The van der Waals surface area contributed by atoms with Crippen LogP contribution in [0.2, 0.25) is 10.0 Å². The second-order valence-corrected chi connectivity index (χ2v) is 4.98. The smallest absolute Gasteiger partial charge is 0.434 e. The SMILES string of the molecule is CCOC(=O)c1cnn(-c2cc(Cl)ccc2Cl)c1C(F)(F)F. The summed E-state index contributed by atoms with van der Waals surface area (Å²) in [6.07, 6.45) is -4.04. The number of alkyl halides is 3. The molecule has 1 aromatic heterocycles. The van der Waals surface area contributed by atoms with Crippen LogP contribution in [-0.4, -0.2) is 22.4 Å². The Bertz CT molecular complexity index is 714. The molecule has 0 saturated carbocycles. The van der Waals surface area contributed by atoms with Gasteiger partial charge < -0.3 is 4.74 Å². The molecule has 0 unspecified atom stereocenters. The maximum absolute atomic E-state index is 13.3. The lowest BCUT2D eigenvalue weighted by molar-refractivity contribution is -0.143. The summed E-state index contributed by atoms with van der Waals surface area (Å²) >= 11 is 11.7. The summed E-state index contributed by atoms with van der Waals surface area (Å²) in [6, 6.07) is 3.99. The molecule has 0 amide bonds. The molecule has 0 fully saturated rings. The van der Waals surface area contributed by atoms with Gasteiger partial charge in [-0.2, -0.15) is 18.3 Å². The molecule has 2 rings (SSSR count). The highest BCUT2D eigenvalue weighted by atomic mass is 35.5. The highest BCUT2D eigenvalue weighted by molar-refractivity contribution is 6.34. The third-order valence-corrected chi connectivity index (χ3v) is 3.22. The molecule has 0 radical (unpaired) electrons. The zero-order valence-corrected chi connectivity index (χ0v) is 12.6. The number of ether oxygens (including phenoxy) is 1. The number of carbonyl (C=O) groups excluding carboxylic acids is 1. The van der Waals surface area contributed by atoms with Gasteiger partial charge in [-0.1, -0.05) is 23.2 Å². The van der Waals surface area contributed by atoms with Gasteiger partial charge in [0.15, 0.2) is 5.69 Å². The average molecular weight is 353 g/mol. The topological polar surface area (TPSA) is 44.1 Å². The third kappa shape index (κ3) is 3.20. The quantitative estimate of drug-likeness (QED) is 0.770. The maximum Gasteiger partial charge on any atom is 0.434 e. The number of hydrogen-bond acceptors (Lipinski definition) is 3. The Labute approximate surface area is 133 Å². The van der Waals surface area contributed by atoms with E-state index in [1.54, 1.807) is 0 Å². The second kappa shape index (κ2) is 6.18. The van der Waals surface area contributed by atoms with E-state index in [1.165, 1.54) is 25.1 Å². The minimum Gasteiger partial charge on any atom is -0.462 e. The highest BCUT2D eigenvalue weighted by Crippen LogP contribution is 2.36. The van der Waals surface area contributed by atoms with Crippen LogP contribution >= 0.6 is 23.2 Å². The number of nitrogens with zero attached hydrogens (tertiary/aromatic N) is 2. The van der Waals surface area contributed by atoms with Gasteiger partial charge in [-0.3, -0.25) is 0 Å². The number of hydrogen-bond donors (Lipinski definition) is 0. The molecule has 0 aliphatic rings. The molecule has 118 valence electrons. The maximum atomic E-state index is 13.3. The normalized spacial score (nSPS) is 11.5. The van der Waals surface area contributed by atoms with Crippen LogP contribution in [0.4, 0.5) is 13.2 Å². The predicted octanol–water partition coefficient (Wildman–Crippen LogP) is 4.37. The lowest BCUT2D eigenvalue weighted by atomic mass is 10.2. The Morgan fingerprint density at radius 1 is 1.36 bits per heavy atom. The Morgan fingerprint density at radius 3 is 2.64 bits per heavy atom. The fourth-order valence-corrected chi connectivity index (χ4v) is 2.17. The van der Waals surface area contributed by atoms with E-state index in [4.69, 9.17) is 23.2 Å². The molecule has 0 atom stereocenters. The first-order valence-electron chi connectivity index (χ1n) is 6.03. The molecule has 1 heterocycles. The van der Waals surface area contributed by atoms with Crippen molar-refractivity contribution < 1.29 is 22.7 Å². The van der Waals surface area contributed by atoms with E-state index in [2.05, 4.69) is 9.84 Å². The van der Waals surface area contributed by atoms with Crippen LogP contribution in [0.1, 0.15) is 23.0 Å². The number of carbonyl (C=O) groups is 1. The van der Waals surface area contributed by atoms with Crippen LogP contribution in [0, 0.1) is 0 Å². The minimum absolute atomic E-state index is 0.00779. The first-order valence-corrected chi connectivity index (χ1v) is 6.79. The van der Waals surface area contributed by atoms with Crippen molar-refractivity contribution in [3.63, 3.8) is 0 Å². The Kier molecular flexibility index (Phi) is 4.67. The summed E-state index contributed by atoms with van der Waals surface area (Å²) in [5, 5.41) is 3.80. The summed E-state index contributed by atoms with van der Waals surface area (Å²) in [5.74, 6) is -1.11. The summed E-state index contributed by atoms with van der Waals surface area (Å²) < 4.78 is 45.1. The lowest BCUT2D eigenvalue weighted by Crippen LogP contribution is -2.18. The van der Waals surface area contributed by atoms with Crippen molar-refractivity contribution in [1.82, 2.24) is 9.78 Å². The minimum atomic E-state index is -4.83. The fourth-order valence-electron chi connectivity index (χ4n) is 1.81. The van der Waals surface area contributed by atoms with Gasteiger partial charge in [0.25, 0.3) is 0 Å². The van der Waals surface area contributed by atoms with Gasteiger partial charge in [0, 0.05) is 5.02 Å². The fraction of sp³-hybridized carbons (Fsp3) is 0.231. The van der Waals surface area contributed by atoms with Crippen molar-refractivity contribution in [2.45, 2.75) is 13.1 Å². The third-order valence-electron chi connectivity index (χ3n) is 2.67. The van der Waals surface area contributed by atoms with Crippen LogP contribution in [0.25, 0.3) is 5.69 Å². The number of rotatable bonds is 3. The van der Waals surface area contributed by atoms with Gasteiger partial charge in [-0.05, 0) is 25.1 Å².